The van der Waals surface area contributed by atoms with Gasteiger partial charge in [-0.2, -0.15) is 0 Å². The summed E-state index contributed by atoms with van der Waals surface area (Å²) in [6.07, 6.45) is 3.14. The highest BCUT2D eigenvalue weighted by atomic mass is 32.1. The fraction of sp³-hybridized carbons (Fsp3) is 0.0769. The van der Waals surface area contributed by atoms with Crippen LogP contribution in [0.3, 0.4) is 0 Å². The molecule has 0 saturated heterocycles. The fourth-order valence-electron chi connectivity index (χ4n) is 8.34. The van der Waals surface area contributed by atoms with Crippen molar-refractivity contribution in [3.8, 4) is 22.3 Å². The SMILES string of the molecule is c1ccc(-c2ccc3ccc(-c4ccc5cc(CCC(Cc6cccc7sc8ccccc8c67)c6ccc7ccccc7c6)ccc5c4)cc3c2)cc1. The van der Waals surface area contributed by atoms with Gasteiger partial charge in [-0.05, 0) is 127 Å². The first-order valence-electron chi connectivity index (χ1n) is 18.7. The van der Waals surface area contributed by atoms with Gasteiger partial charge in [0, 0.05) is 20.2 Å². The highest BCUT2D eigenvalue weighted by molar-refractivity contribution is 7.25. The Balaban J connectivity index is 0.946. The molecule has 0 radical (unpaired) electrons. The van der Waals surface area contributed by atoms with Crippen LogP contribution in [0.15, 0.2) is 188 Å². The fourth-order valence-corrected chi connectivity index (χ4v) is 9.49. The van der Waals surface area contributed by atoms with Gasteiger partial charge in [0.25, 0.3) is 0 Å². The minimum atomic E-state index is 0.400. The molecule has 0 spiro atoms. The van der Waals surface area contributed by atoms with Crippen molar-refractivity contribution in [2.45, 2.75) is 25.2 Å². The van der Waals surface area contributed by atoms with Crippen LogP contribution in [0, 0.1) is 0 Å². The summed E-state index contributed by atoms with van der Waals surface area (Å²) >= 11 is 1.91. The zero-order valence-corrected chi connectivity index (χ0v) is 30.3. The zero-order chi connectivity index (χ0) is 35.1. The quantitative estimate of drug-likeness (QED) is 0.149. The minimum absolute atomic E-state index is 0.400. The number of thiophene rings is 1. The molecule has 9 aromatic carbocycles. The first-order valence-corrected chi connectivity index (χ1v) is 19.5. The van der Waals surface area contributed by atoms with Crippen LogP contribution in [-0.2, 0) is 12.8 Å². The zero-order valence-electron chi connectivity index (χ0n) is 29.5. The molecular formula is C52H38S. The molecule has 1 atom stereocenters. The Morgan fingerprint density at radius 1 is 0.396 bits per heavy atom. The number of rotatable bonds is 8. The molecular weight excluding hydrogens is 657 g/mol. The second-order valence-electron chi connectivity index (χ2n) is 14.5. The lowest BCUT2D eigenvalue weighted by Crippen LogP contribution is -2.06. The summed E-state index contributed by atoms with van der Waals surface area (Å²) in [7, 11) is 0. The molecule has 0 saturated carbocycles. The largest absolute Gasteiger partial charge is 0.135 e. The van der Waals surface area contributed by atoms with Crippen molar-refractivity contribution in [3.05, 3.63) is 205 Å². The Labute approximate surface area is 314 Å². The first-order chi connectivity index (χ1) is 26.2. The minimum Gasteiger partial charge on any atom is -0.135 e. The van der Waals surface area contributed by atoms with Gasteiger partial charge in [-0.15, -0.1) is 11.3 Å². The molecule has 1 unspecified atom stereocenters. The molecule has 0 N–H and O–H groups in total. The van der Waals surface area contributed by atoms with Gasteiger partial charge < -0.3 is 0 Å². The molecule has 53 heavy (non-hydrogen) atoms. The standard InChI is InChI=1S/C52H38S/c1-2-9-36(10-3-1)41-24-22-38-23-26-46(34-48(38)33-41)45-28-27-40-29-35(17-19-42(40)31-45)18-20-43(44-25-21-37-11-4-5-12-39(37)30-44)32-47-13-8-16-51-52(47)49-14-6-7-15-50(49)53-51/h1-17,19,21-31,33-34,43H,18,20,32H2. The van der Waals surface area contributed by atoms with E-state index in [1.807, 2.05) is 11.3 Å². The van der Waals surface area contributed by atoms with Crippen molar-refractivity contribution in [1.82, 2.24) is 0 Å². The van der Waals surface area contributed by atoms with Crippen LogP contribution < -0.4 is 0 Å². The smallest absolute Gasteiger partial charge is 0.0358 e. The molecule has 0 bridgehead atoms. The lowest BCUT2D eigenvalue weighted by molar-refractivity contribution is 0.624. The summed E-state index contributed by atoms with van der Waals surface area (Å²) in [5.74, 6) is 0.400. The van der Waals surface area contributed by atoms with E-state index < -0.39 is 0 Å². The van der Waals surface area contributed by atoms with E-state index in [1.54, 1.807) is 0 Å². The van der Waals surface area contributed by atoms with Crippen molar-refractivity contribution >= 4 is 63.8 Å². The van der Waals surface area contributed by atoms with Gasteiger partial charge in [0.2, 0.25) is 0 Å². The summed E-state index contributed by atoms with van der Waals surface area (Å²) in [6.45, 7) is 0. The number of aryl methyl sites for hydroxylation is 1. The summed E-state index contributed by atoms with van der Waals surface area (Å²) in [6, 6.07) is 70.0. The summed E-state index contributed by atoms with van der Waals surface area (Å²) < 4.78 is 2.75. The van der Waals surface area contributed by atoms with Gasteiger partial charge in [0.1, 0.15) is 0 Å². The van der Waals surface area contributed by atoms with Crippen molar-refractivity contribution < 1.29 is 0 Å². The van der Waals surface area contributed by atoms with Crippen molar-refractivity contribution in [2.75, 3.05) is 0 Å². The van der Waals surface area contributed by atoms with Crippen LogP contribution in [0.2, 0.25) is 0 Å². The second-order valence-corrected chi connectivity index (χ2v) is 15.6. The number of fused-ring (bicyclic) bond motifs is 6. The first kappa shape index (κ1) is 31.7. The maximum absolute atomic E-state index is 2.43. The van der Waals surface area contributed by atoms with E-state index in [2.05, 4.69) is 188 Å². The number of hydrogen-bond donors (Lipinski definition) is 0. The Kier molecular flexibility index (Phi) is 8.08. The van der Waals surface area contributed by atoms with Crippen molar-refractivity contribution in [3.63, 3.8) is 0 Å². The van der Waals surface area contributed by atoms with Gasteiger partial charge in [-0.3, -0.25) is 0 Å². The monoisotopic (exact) mass is 694 g/mol. The van der Waals surface area contributed by atoms with Crippen LogP contribution in [0.25, 0.3) is 74.7 Å². The molecule has 0 aliphatic carbocycles. The second kappa shape index (κ2) is 13.5. The van der Waals surface area contributed by atoms with Crippen LogP contribution in [0.5, 0.6) is 0 Å². The molecule has 0 aliphatic rings. The summed E-state index contributed by atoms with van der Waals surface area (Å²) in [5, 5.41) is 10.6. The summed E-state index contributed by atoms with van der Waals surface area (Å²) in [5.41, 5.74) is 9.28. The third-order valence-corrected chi connectivity index (χ3v) is 12.3. The number of hydrogen-bond acceptors (Lipinski definition) is 1. The third-order valence-electron chi connectivity index (χ3n) is 11.2. The van der Waals surface area contributed by atoms with Gasteiger partial charge >= 0.3 is 0 Å². The Morgan fingerprint density at radius 2 is 1.00 bits per heavy atom. The lowest BCUT2D eigenvalue weighted by atomic mass is 9.85. The van der Waals surface area contributed by atoms with E-state index in [9.17, 15) is 0 Å². The van der Waals surface area contributed by atoms with Gasteiger partial charge in [0.05, 0.1) is 0 Å². The van der Waals surface area contributed by atoms with Crippen molar-refractivity contribution in [2.24, 2.45) is 0 Å². The van der Waals surface area contributed by atoms with Gasteiger partial charge in [-0.25, -0.2) is 0 Å². The molecule has 1 heteroatoms. The van der Waals surface area contributed by atoms with E-state index in [0.29, 0.717) is 5.92 Å². The molecule has 1 aromatic heterocycles. The molecule has 10 aromatic rings. The van der Waals surface area contributed by atoms with Crippen LogP contribution in [-0.4, -0.2) is 0 Å². The van der Waals surface area contributed by atoms with Crippen molar-refractivity contribution in [1.29, 1.82) is 0 Å². The van der Waals surface area contributed by atoms with E-state index in [0.717, 1.165) is 19.3 Å². The van der Waals surface area contributed by atoms with Gasteiger partial charge in [-0.1, -0.05) is 158 Å². The highest BCUT2D eigenvalue weighted by Gasteiger charge is 2.18. The molecule has 0 fully saturated rings. The average Bonchev–Trinajstić information content (AvgIpc) is 3.61. The Bertz CT molecular complexity index is 2930. The van der Waals surface area contributed by atoms with E-state index in [-0.39, 0.29) is 0 Å². The maximum Gasteiger partial charge on any atom is 0.0358 e. The van der Waals surface area contributed by atoms with E-state index in [4.69, 9.17) is 0 Å². The van der Waals surface area contributed by atoms with E-state index in [1.165, 1.54) is 91.4 Å². The summed E-state index contributed by atoms with van der Waals surface area (Å²) in [4.78, 5) is 0. The maximum atomic E-state index is 2.43. The Morgan fingerprint density at radius 3 is 1.85 bits per heavy atom. The predicted octanol–water partition coefficient (Wildman–Crippen LogP) is 14.8. The van der Waals surface area contributed by atoms with Crippen LogP contribution in [0.1, 0.15) is 29.0 Å². The molecule has 10 rings (SSSR count). The average molecular weight is 695 g/mol. The predicted molar refractivity (Wildman–Crippen MR) is 230 cm³/mol. The molecule has 1 heterocycles. The van der Waals surface area contributed by atoms with Crippen LogP contribution in [0.4, 0.5) is 0 Å². The molecule has 0 aliphatic heterocycles. The van der Waals surface area contributed by atoms with Gasteiger partial charge in [0.15, 0.2) is 0 Å². The molecule has 0 nitrogen and oxygen atoms in total. The van der Waals surface area contributed by atoms with Crippen LogP contribution >= 0.6 is 11.3 Å². The third kappa shape index (κ3) is 6.18. The lowest BCUT2D eigenvalue weighted by Gasteiger charge is -2.20. The highest BCUT2D eigenvalue weighted by Crippen LogP contribution is 2.39. The topological polar surface area (TPSA) is 0 Å². The van der Waals surface area contributed by atoms with E-state index >= 15 is 0 Å². The normalized spacial score (nSPS) is 12.3. The molecule has 252 valence electrons. The number of benzene rings is 9. The molecule has 0 amide bonds. The Hall–Kier alpha value is -6.02.